The lowest BCUT2D eigenvalue weighted by Crippen LogP contribution is -2.35. The number of para-hydroxylation sites is 2. The van der Waals surface area contributed by atoms with Gasteiger partial charge in [0.15, 0.2) is 5.78 Å². The molecule has 0 atom stereocenters. The first-order valence-electron chi connectivity index (χ1n) is 9.37. The molecule has 0 saturated carbocycles. The van der Waals surface area contributed by atoms with Crippen LogP contribution < -0.4 is 5.62 Å². The SMILES string of the molecule is N=c1n(CCN2CCCCC2)c2ccccc2n1CC(=O)c1ccc(Br)s1. The third-order valence-corrected chi connectivity index (χ3v) is 6.88. The Morgan fingerprint density at radius 1 is 1.00 bits per heavy atom. The number of Topliss-reactive ketones (excluding diaryl/α,β-unsaturated/α-hetero) is 1. The van der Waals surface area contributed by atoms with Crippen LogP contribution in [0.3, 0.4) is 0 Å². The molecule has 0 unspecified atom stereocenters. The Bertz CT molecular complexity index is 1010. The molecule has 0 amide bonds. The standard InChI is InChI=1S/C20H23BrN4OS/c21-19-9-8-18(27-19)17(26)14-25-16-7-3-2-6-15(16)24(20(25)22)13-12-23-10-4-1-5-11-23/h2-3,6-9,22H,1,4-5,10-14H2. The molecule has 3 aromatic rings. The highest BCUT2D eigenvalue weighted by Gasteiger charge is 2.17. The van der Waals surface area contributed by atoms with Crippen LogP contribution in [-0.2, 0) is 13.1 Å². The van der Waals surface area contributed by atoms with Gasteiger partial charge >= 0.3 is 0 Å². The quantitative estimate of drug-likeness (QED) is 0.579. The Morgan fingerprint density at radius 3 is 2.37 bits per heavy atom. The number of aromatic nitrogens is 2. The first kappa shape index (κ1) is 18.7. The molecule has 7 heteroatoms. The van der Waals surface area contributed by atoms with Crippen LogP contribution in [0.5, 0.6) is 0 Å². The van der Waals surface area contributed by atoms with Gasteiger partial charge in [0.05, 0.1) is 26.2 Å². The fourth-order valence-corrected chi connectivity index (χ4v) is 5.11. The van der Waals surface area contributed by atoms with E-state index in [-0.39, 0.29) is 12.3 Å². The zero-order valence-electron chi connectivity index (χ0n) is 15.2. The van der Waals surface area contributed by atoms with E-state index in [2.05, 4.69) is 20.8 Å². The summed E-state index contributed by atoms with van der Waals surface area (Å²) in [5, 5.41) is 8.70. The van der Waals surface area contributed by atoms with E-state index >= 15 is 0 Å². The maximum Gasteiger partial charge on any atom is 0.203 e. The highest BCUT2D eigenvalue weighted by Crippen LogP contribution is 2.23. The van der Waals surface area contributed by atoms with E-state index in [4.69, 9.17) is 5.41 Å². The number of nitrogens with one attached hydrogen (secondary N) is 1. The van der Waals surface area contributed by atoms with Crippen molar-refractivity contribution in [2.45, 2.75) is 32.4 Å². The van der Waals surface area contributed by atoms with Crippen molar-refractivity contribution in [1.29, 1.82) is 5.41 Å². The van der Waals surface area contributed by atoms with Crippen LogP contribution in [0.1, 0.15) is 28.9 Å². The largest absolute Gasteiger partial charge is 0.309 e. The number of rotatable bonds is 6. The third kappa shape index (κ3) is 3.95. The number of carbonyl (C=O) groups is 1. The van der Waals surface area contributed by atoms with Gasteiger partial charge in [-0.2, -0.15) is 0 Å². The Balaban J connectivity index is 1.62. The summed E-state index contributed by atoms with van der Waals surface area (Å²) in [7, 11) is 0. The van der Waals surface area contributed by atoms with Crippen molar-refractivity contribution in [2.75, 3.05) is 19.6 Å². The molecule has 0 bridgehead atoms. The van der Waals surface area contributed by atoms with Gasteiger partial charge in [-0.3, -0.25) is 10.2 Å². The Morgan fingerprint density at radius 2 is 1.70 bits per heavy atom. The predicted octanol–water partition coefficient (Wildman–Crippen LogP) is 4.12. The minimum absolute atomic E-state index is 0.0446. The summed E-state index contributed by atoms with van der Waals surface area (Å²) in [6.45, 7) is 4.24. The van der Waals surface area contributed by atoms with Gasteiger partial charge in [-0.15, -0.1) is 11.3 Å². The second kappa shape index (κ2) is 8.12. The first-order chi connectivity index (χ1) is 13.1. The minimum atomic E-state index is 0.0446. The second-order valence-electron chi connectivity index (χ2n) is 6.98. The average molecular weight is 447 g/mol. The van der Waals surface area contributed by atoms with Crippen LogP contribution in [0.25, 0.3) is 11.0 Å². The molecule has 1 fully saturated rings. The number of carbonyl (C=O) groups excluding carboxylic acids is 1. The number of ketones is 1. The number of likely N-dealkylation sites (tertiary alicyclic amines) is 1. The number of imidazole rings is 1. The molecule has 27 heavy (non-hydrogen) atoms. The maximum absolute atomic E-state index is 12.7. The van der Waals surface area contributed by atoms with Gasteiger partial charge in [0.1, 0.15) is 0 Å². The number of hydrogen-bond donors (Lipinski definition) is 1. The van der Waals surface area contributed by atoms with E-state index in [9.17, 15) is 4.79 Å². The Labute approximate surface area is 170 Å². The summed E-state index contributed by atoms with van der Waals surface area (Å²) in [6, 6.07) is 11.8. The molecule has 1 N–H and O–H groups in total. The topological polar surface area (TPSA) is 54.0 Å². The van der Waals surface area contributed by atoms with Gasteiger partial charge in [-0.1, -0.05) is 18.6 Å². The van der Waals surface area contributed by atoms with Crippen molar-refractivity contribution in [1.82, 2.24) is 14.0 Å². The molecule has 0 spiro atoms. The highest BCUT2D eigenvalue weighted by atomic mass is 79.9. The number of piperidine rings is 1. The zero-order valence-corrected chi connectivity index (χ0v) is 17.6. The zero-order chi connectivity index (χ0) is 18.8. The van der Waals surface area contributed by atoms with Gasteiger partial charge in [-0.25, -0.2) is 0 Å². The van der Waals surface area contributed by atoms with Crippen molar-refractivity contribution < 1.29 is 4.79 Å². The number of benzene rings is 1. The summed E-state index contributed by atoms with van der Waals surface area (Å²) in [4.78, 5) is 15.9. The lowest BCUT2D eigenvalue weighted by atomic mass is 10.1. The molecule has 1 saturated heterocycles. The fourth-order valence-electron chi connectivity index (χ4n) is 3.79. The van der Waals surface area contributed by atoms with Crippen LogP contribution in [0.2, 0.25) is 0 Å². The molecule has 2 aromatic heterocycles. The normalized spacial score (nSPS) is 15.4. The third-order valence-electron chi connectivity index (χ3n) is 5.21. The van der Waals surface area contributed by atoms with Gasteiger partial charge < -0.3 is 14.0 Å². The number of halogens is 1. The van der Waals surface area contributed by atoms with Crippen molar-refractivity contribution in [2.24, 2.45) is 0 Å². The van der Waals surface area contributed by atoms with Crippen LogP contribution in [0.4, 0.5) is 0 Å². The number of thiophene rings is 1. The van der Waals surface area contributed by atoms with E-state index in [1.54, 1.807) is 0 Å². The van der Waals surface area contributed by atoms with Crippen molar-refractivity contribution in [3.8, 4) is 0 Å². The summed E-state index contributed by atoms with van der Waals surface area (Å²) in [5.41, 5.74) is 2.38. The van der Waals surface area contributed by atoms with Crippen molar-refractivity contribution >= 4 is 44.1 Å². The summed E-state index contributed by atoms with van der Waals surface area (Å²) in [5.74, 6) is 0.0446. The molecule has 4 rings (SSSR count). The van der Waals surface area contributed by atoms with E-state index in [0.29, 0.717) is 5.62 Å². The molecular formula is C20H23BrN4OS. The molecule has 3 heterocycles. The van der Waals surface area contributed by atoms with Gasteiger partial charge in [-0.05, 0) is 66.1 Å². The van der Waals surface area contributed by atoms with Crippen molar-refractivity contribution in [3.05, 3.63) is 50.7 Å². The fraction of sp³-hybridized carbons (Fsp3) is 0.400. The van der Waals surface area contributed by atoms with Gasteiger partial charge in [0, 0.05) is 13.1 Å². The minimum Gasteiger partial charge on any atom is -0.309 e. The summed E-state index contributed by atoms with van der Waals surface area (Å²) in [6.07, 6.45) is 3.86. The van der Waals surface area contributed by atoms with E-state index in [1.807, 2.05) is 45.5 Å². The smallest absolute Gasteiger partial charge is 0.203 e. The molecule has 1 aliphatic heterocycles. The molecule has 0 aliphatic carbocycles. The van der Waals surface area contributed by atoms with Crippen molar-refractivity contribution in [3.63, 3.8) is 0 Å². The molecular weight excluding hydrogens is 424 g/mol. The monoisotopic (exact) mass is 446 g/mol. The Kier molecular flexibility index (Phi) is 5.61. The van der Waals surface area contributed by atoms with Crippen LogP contribution in [0, 0.1) is 5.41 Å². The maximum atomic E-state index is 12.7. The van der Waals surface area contributed by atoms with Gasteiger partial charge in [0.2, 0.25) is 5.62 Å². The van der Waals surface area contributed by atoms with E-state index in [0.717, 1.165) is 45.9 Å². The molecule has 1 aromatic carbocycles. The lowest BCUT2D eigenvalue weighted by Gasteiger charge is -2.26. The predicted molar refractivity (Wildman–Crippen MR) is 112 cm³/mol. The number of fused-ring (bicyclic) bond motifs is 1. The number of hydrogen-bond acceptors (Lipinski definition) is 4. The molecule has 0 radical (unpaired) electrons. The van der Waals surface area contributed by atoms with Crippen LogP contribution in [0.15, 0.2) is 40.2 Å². The summed E-state index contributed by atoms with van der Waals surface area (Å²) >= 11 is 4.86. The van der Waals surface area contributed by atoms with Crippen LogP contribution >= 0.6 is 27.3 Å². The van der Waals surface area contributed by atoms with E-state index in [1.165, 1.54) is 30.6 Å². The molecule has 142 valence electrons. The van der Waals surface area contributed by atoms with Crippen LogP contribution in [-0.4, -0.2) is 39.5 Å². The summed E-state index contributed by atoms with van der Waals surface area (Å²) < 4.78 is 4.83. The number of nitrogens with zero attached hydrogens (tertiary/aromatic N) is 3. The average Bonchev–Trinajstić information content (AvgIpc) is 3.23. The second-order valence-corrected chi connectivity index (χ2v) is 9.44. The first-order valence-corrected chi connectivity index (χ1v) is 11.0. The lowest BCUT2D eigenvalue weighted by molar-refractivity contribution is 0.0975. The molecule has 5 nitrogen and oxygen atoms in total. The van der Waals surface area contributed by atoms with Gasteiger partial charge in [0.25, 0.3) is 0 Å². The Hall–Kier alpha value is -1.70. The highest BCUT2D eigenvalue weighted by molar-refractivity contribution is 9.11. The van der Waals surface area contributed by atoms with E-state index < -0.39 is 0 Å². The molecule has 1 aliphatic rings.